The van der Waals surface area contributed by atoms with Gasteiger partial charge in [-0.05, 0) is 36.4 Å². The molecule has 120 valence electrons. The number of nitrogens with zero attached hydrogens (tertiary/aromatic N) is 2. The highest BCUT2D eigenvalue weighted by atomic mass is 16.2. The molecule has 7 nitrogen and oxygen atoms in total. The Morgan fingerprint density at radius 2 is 1.79 bits per heavy atom. The number of para-hydroxylation sites is 1. The van der Waals surface area contributed by atoms with Crippen LogP contribution in [0.5, 0.6) is 0 Å². The van der Waals surface area contributed by atoms with Crippen molar-refractivity contribution in [3.63, 3.8) is 0 Å². The second kappa shape index (κ2) is 6.33. The van der Waals surface area contributed by atoms with E-state index in [1.807, 2.05) is 0 Å². The van der Waals surface area contributed by atoms with Crippen molar-refractivity contribution in [2.75, 3.05) is 5.32 Å². The van der Waals surface area contributed by atoms with E-state index in [4.69, 9.17) is 5.73 Å². The molecule has 0 saturated heterocycles. The zero-order valence-electron chi connectivity index (χ0n) is 12.6. The van der Waals surface area contributed by atoms with Gasteiger partial charge in [0.15, 0.2) is 5.78 Å². The van der Waals surface area contributed by atoms with E-state index in [0.717, 1.165) is 0 Å². The molecule has 0 spiro atoms. The van der Waals surface area contributed by atoms with Crippen molar-refractivity contribution >= 4 is 28.4 Å². The third-order valence-electron chi connectivity index (χ3n) is 3.52. The third kappa shape index (κ3) is 3.14. The molecule has 2 aromatic carbocycles. The lowest BCUT2D eigenvalue weighted by Gasteiger charge is -2.07. The smallest absolute Gasteiger partial charge is 0.316 e. The molecule has 0 fully saturated rings. The van der Waals surface area contributed by atoms with E-state index in [2.05, 4.69) is 10.3 Å². The number of primary amides is 1. The van der Waals surface area contributed by atoms with Gasteiger partial charge in [0.25, 0.3) is 5.56 Å². The highest BCUT2D eigenvalue weighted by molar-refractivity contribution is 5.97. The fourth-order valence-electron chi connectivity index (χ4n) is 2.35. The summed E-state index contributed by atoms with van der Waals surface area (Å²) >= 11 is 0. The summed E-state index contributed by atoms with van der Waals surface area (Å²) in [4.78, 5) is 39.7. The van der Waals surface area contributed by atoms with Gasteiger partial charge in [-0.15, -0.1) is 0 Å². The molecule has 3 aromatic rings. The normalized spacial score (nSPS) is 10.5. The Morgan fingerprint density at radius 3 is 2.50 bits per heavy atom. The first-order valence-electron chi connectivity index (χ1n) is 7.18. The molecule has 2 amide bonds. The SMILES string of the molecule is NC(=O)Nc1ccc(C(=O)Cn2cnc3ccccc3c2=O)cc1. The first-order chi connectivity index (χ1) is 11.5. The molecule has 0 atom stereocenters. The summed E-state index contributed by atoms with van der Waals surface area (Å²) < 4.78 is 1.28. The van der Waals surface area contributed by atoms with Gasteiger partial charge in [-0.25, -0.2) is 9.78 Å². The molecule has 7 heteroatoms. The minimum absolute atomic E-state index is 0.112. The number of benzene rings is 2. The standard InChI is InChI=1S/C17H14N4O3/c18-17(24)20-12-7-5-11(6-8-12)15(22)9-21-10-19-14-4-2-1-3-13(14)16(21)23/h1-8,10H,9H2,(H3,18,20,24). The number of aromatic nitrogens is 2. The predicted octanol–water partition coefficient (Wildman–Crippen LogP) is 1.77. The molecule has 24 heavy (non-hydrogen) atoms. The molecule has 0 aliphatic rings. The summed E-state index contributed by atoms with van der Waals surface area (Å²) in [6.07, 6.45) is 1.37. The van der Waals surface area contributed by atoms with Crippen LogP contribution in [0.3, 0.4) is 0 Å². The number of amides is 2. The average molecular weight is 322 g/mol. The molecule has 1 heterocycles. The topological polar surface area (TPSA) is 107 Å². The summed E-state index contributed by atoms with van der Waals surface area (Å²) in [6.45, 7) is -0.112. The molecule has 0 saturated carbocycles. The molecule has 0 radical (unpaired) electrons. The van der Waals surface area contributed by atoms with E-state index in [9.17, 15) is 14.4 Å². The Morgan fingerprint density at radius 1 is 1.08 bits per heavy atom. The number of fused-ring (bicyclic) bond motifs is 1. The van der Waals surface area contributed by atoms with Crippen LogP contribution in [0.2, 0.25) is 0 Å². The fraction of sp³-hybridized carbons (Fsp3) is 0.0588. The molecule has 3 N–H and O–H groups in total. The van der Waals surface area contributed by atoms with E-state index in [1.165, 1.54) is 10.9 Å². The van der Waals surface area contributed by atoms with E-state index >= 15 is 0 Å². The van der Waals surface area contributed by atoms with Gasteiger partial charge < -0.3 is 11.1 Å². The van der Waals surface area contributed by atoms with Crippen LogP contribution >= 0.6 is 0 Å². The zero-order chi connectivity index (χ0) is 17.1. The van der Waals surface area contributed by atoms with Gasteiger partial charge in [0.1, 0.15) is 0 Å². The minimum Gasteiger partial charge on any atom is -0.351 e. The van der Waals surface area contributed by atoms with Crippen LogP contribution in [0.15, 0.2) is 59.7 Å². The van der Waals surface area contributed by atoms with Crippen molar-refractivity contribution in [1.29, 1.82) is 0 Å². The molecule has 0 bridgehead atoms. The summed E-state index contributed by atoms with van der Waals surface area (Å²) in [5.41, 5.74) is 6.26. The second-order valence-corrected chi connectivity index (χ2v) is 5.18. The van der Waals surface area contributed by atoms with Gasteiger partial charge in [-0.3, -0.25) is 14.2 Å². The Kier molecular flexibility index (Phi) is 4.07. The van der Waals surface area contributed by atoms with Crippen molar-refractivity contribution in [2.24, 2.45) is 5.73 Å². The second-order valence-electron chi connectivity index (χ2n) is 5.18. The molecule has 1 aromatic heterocycles. The number of hydrogen-bond acceptors (Lipinski definition) is 4. The molecular weight excluding hydrogens is 308 g/mol. The number of carbonyl (C=O) groups excluding carboxylic acids is 2. The Balaban J connectivity index is 1.83. The largest absolute Gasteiger partial charge is 0.351 e. The fourth-order valence-corrected chi connectivity index (χ4v) is 2.35. The molecule has 0 unspecified atom stereocenters. The monoisotopic (exact) mass is 322 g/mol. The summed E-state index contributed by atoms with van der Waals surface area (Å²) in [7, 11) is 0. The minimum atomic E-state index is -0.678. The van der Waals surface area contributed by atoms with Crippen LogP contribution in [0.25, 0.3) is 10.9 Å². The van der Waals surface area contributed by atoms with Gasteiger partial charge in [0, 0.05) is 11.3 Å². The number of urea groups is 1. The first-order valence-corrected chi connectivity index (χ1v) is 7.18. The van der Waals surface area contributed by atoms with E-state index in [-0.39, 0.29) is 17.9 Å². The average Bonchev–Trinajstić information content (AvgIpc) is 2.57. The lowest BCUT2D eigenvalue weighted by Crippen LogP contribution is -2.24. The van der Waals surface area contributed by atoms with Crippen LogP contribution < -0.4 is 16.6 Å². The molecule has 0 aliphatic heterocycles. The summed E-state index contributed by atoms with van der Waals surface area (Å²) in [5, 5.41) is 2.88. The highest BCUT2D eigenvalue weighted by Crippen LogP contribution is 2.11. The maximum Gasteiger partial charge on any atom is 0.316 e. The summed E-state index contributed by atoms with van der Waals surface area (Å²) in [6, 6.07) is 12.6. The Bertz CT molecular complexity index is 977. The lowest BCUT2D eigenvalue weighted by molar-refractivity contribution is 0.0970. The van der Waals surface area contributed by atoms with Crippen molar-refractivity contribution < 1.29 is 9.59 Å². The number of carbonyl (C=O) groups is 2. The molecule has 0 aliphatic carbocycles. The van der Waals surface area contributed by atoms with Gasteiger partial charge in [0.05, 0.1) is 23.8 Å². The van der Waals surface area contributed by atoms with Crippen molar-refractivity contribution in [2.45, 2.75) is 6.54 Å². The van der Waals surface area contributed by atoms with Gasteiger partial charge in [0.2, 0.25) is 0 Å². The highest BCUT2D eigenvalue weighted by Gasteiger charge is 2.10. The quantitative estimate of drug-likeness (QED) is 0.714. The lowest BCUT2D eigenvalue weighted by atomic mass is 10.1. The predicted molar refractivity (Wildman–Crippen MR) is 90.0 cm³/mol. The van der Waals surface area contributed by atoms with E-state index < -0.39 is 6.03 Å². The van der Waals surface area contributed by atoms with Crippen molar-refractivity contribution in [1.82, 2.24) is 9.55 Å². The van der Waals surface area contributed by atoms with Crippen molar-refractivity contribution in [3.05, 3.63) is 70.8 Å². The van der Waals surface area contributed by atoms with Crippen LogP contribution in [0.1, 0.15) is 10.4 Å². The molecule has 3 rings (SSSR count). The number of rotatable bonds is 4. The van der Waals surface area contributed by atoms with Crippen LogP contribution in [-0.2, 0) is 6.54 Å². The number of nitrogens with two attached hydrogens (primary N) is 1. The van der Waals surface area contributed by atoms with E-state index in [0.29, 0.717) is 22.2 Å². The Labute approximate surface area is 136 Å². The van der Waals surface area contributed by atoms with Crippen LogP contribution in [-0.4, -0.2) is 21.4 Å². The summed E-state index contributed by atoms with van der Waals surface area (Å²) in [5.74, 6) is -0.236. The van der Waals surface area contributed by atoms with Gasteiger partial charge in [-0.1, -0.05) is 12.1 Å². The van der Waals surface area contributed by atoms with Gasteiger partial charge in [-0.2, -0.15) is 0 Å². The number of anilines is 1. The zero-order valence-corrected chi connectivity index (χ0v) is 12.6. The molecular formula is C17H14N4O3. The third-order valence-corrected chi connectivity index (χ3v) is 3.52. The number of hydrogen-bond donors (Lipinski definition) is 2. The van der Waals surface area contributed by atoms with Crippen LogP contribution in [0, 0.1) is 0 Å². The number of ketones is 1. The van der Waals surface area contributed by atoms with E-state index in [1.54, 1.807) is 48.5 Å². The number of Topliss-reactive ketones (excluding diaryl/α,β-unsaturated/α-hetero) is 1. The van der Waals surface area contributed by atoms with Crippen LogP contribution in [0.4, 0.5) is 10.5 Å². The first kappa shape index (κ1) is 15.4. The maximum atomic E-state index is 12.4. The van der Waals surface area contributed by atoms with Crippen molar-refractivity contribution in [3.8, 4) is 0 Å². The Hall–Kier alpha value is -3.48. The van der Waals surface area contributed by atoms with Gasteiger partial charge >= 0.3 is 6.03 Å². The number of nitrogens with one attached hydrogen (secondary N) is 1. The maximum absolute atomic E-state index is 12.4.